The average Bonchev–Trinajstić information content (AvgIpc) is 2.48. The molecular weight excluding hydrogens is 274 g/mol. The van der Waals surface area contributed by atoms with Gasteiger partial charge in [0.2, 0.25) is 5.91 Å². The molecule has 0 fully saturated rings. The molecule has 1 rings (SSSR count). The van der Waals surface area contributed by atoms with E-state index in [1.165, 1.54) is 6.92 Å². The van der Waals surface area contributed by atoms with Crippen molar-refractivity contribution >= 4 is 11.9 Å². The van der Waals surface area contributed by atoms with Gasteiger partial charge < -0.3 is 25.4 Å². The van der Waals surface area contributed by atoms with Crippen molar-refractivity contribution in [2.45, 2.75) is 13.5 Å². The van der Waals surface area contributed by atoms with Gasteiger partial charge in [0, 0.05) is 26.6 Å². The van der Waals surface area contributed by atoms with Crippen LogP contribution in [0.2, 0.25) is 0 Å². The number of carbonyl (C=O) groups excluding carboxylic acids is 2. The Labute approximate surface area is 124 Å². The molecule has 0 saturated carbocycles. The number of rotatable bonds is 7. The van der Waals surface area contributed by atoms with E-state index in [1.807, 2.05) is 6.07 Å². The van der Waals surface area contributed by atoms with Crippen LogP contribution in [-0.4, -0.2) is 39.2 Å². The van der Waals surface area contributed by atoms with E-state index in [2.05, 4.69) is 16.0 Å². The highest BCUT2D eigenvalue weighted by Gasteiger charge is 2.05. The molecule has 21 heavy (non-hydrogen) atoms. The van der Waals surface area contributed by atoms with Gasteiger partial charge in [0.25, 0.3) is 0 Å². The van der Waals surface area contributed by atoms with E-state index >= 15 is 0 Å². The molecule has 116 valence electrons. The lowest BCUT2D eigenvalue weighted by Crippen LogP contribution is -2.39. The first-order valence-electron chi connectivity index (χ1n) is 6.54. The number of carbonyl (C=O) groups is 2. The molecule has 0 bridgehead atoms. The fraction of sp³-hybridized carbons (Fsp3) is 0.429. The number of benzene rings is 1. The number of urea groups is 1. The molecule has 0 aliphatic rings. The van der Waals surface area contributed by atoms with Crippen LogP contribution in [0.25, 0.3) is 0 Å². The minimum Gasteiger partial charge on any atom is -0.493 e. The second-order valence-corrected chi connectivity index (χ2v) is 4.28. The second kappa shape index (κ2) is 8.68. The Hall–Kier alpha value is -2.44. The average molecular weight is 295 g/mol. The first-order valence-corrected chi connectivity index (χ1v) is 6.54. The molecule has 0 aromatic heterocycles. The van der Waals surface area contributed by atoms with E-state index in [-0.39, 0.29) is 11.9 Å². The van der Waals surface area contributed by atoms with Gasteiger partial charge >= 0.3 is 6.03 Å². The molecule has 3 amide bonds. The van der Waals surface area contributed by atoms with Crippen molar-refractivity contribution in [1.82, 2.24) is 16.0 Å². The number of hydrogen-bond acceptors (Lipinski definition) is 4. The topological polar surface area (TPSA) is 88.7 Å². The molecule has 0 heterocycles. The maximum absolute atomic E-state index is 11.5. The minimum absolute atomic E-state index is 0.123. The molecule has 0 unspecified atom stereocenters. The summed E-state index contributed by atoms with van der Waals surface area (Å²) in [4.78, 5) is 22.2. The summed E-state index contributed by atoms with van der Waals surface area (Å²) in [5.41, 5.74) is 0.893. The Morgan fingerprint density at radius 2 is 1.67 bits per heavy atom. The highest BCUT2D eigenvalue weighted by Crippen LogP contribution is 2.27. The van der Waals surface area contributed by atoms with Crippen LogP contribution in [0.5, 0.6) is 11.5 Å². The first-order chi connectivity index (χ1) is 10.1. The molecule has 3 N–H and O–H groups in total. The Kier molecular flexibility index (Phi) is 6.86. The molecule has 0 aliphatic carbocycles. The number of amides is 3. The number of hydrogen-bond donors (Lipinski definition) is 3. The van der Waals surface area contributed by atoms with E-state index in [4.69, 9.17) is 9.47 Å². The molecule has 7 heteroatoms. The van der Waals surface area contributed by atoms with Crippen molar-refractivity contribution in [2.24, 2.45) is 0 Å². The maximum atomic E-state index is 11.5. The van der Waals surface area contributed by atoms with Crippen molar-refractivity contribution in [3.63, 3.8) is 0 Å². The smallest absolute Gasteiger partial charge is 0.315 e. The molecule has 0 atom stereocenters. The van der Waals surface area contributed by atoms with E-state index in [9.17, 15) is 9.59 Å². The van der Waals surface area contributed by atoms with Gasteiger partial charge in [-0.25, -0.2) is 4.79 Å². The Balaban J connectivity index is 2.37. The standard InChI is InChI=1S/C14H21N3O4/c1-10(18)15-6-7-16-14(19)17-9-11-4-5-12(20-2)13(8-11)21-3/h4-5,8H,6-7,9H2,1-3H3,(H,15,18)(H2,16,17,19). The predicted molar refractivity (Wildman–Crippen MR) is 78.5 cm³/mol. The van der Waals surface area contributed by atoms with Gasteiger partial charge in [-0.15, -0.1) is 0 Å². The molecule has 0 saturated heterocycles. The van der Waals surface area contributed by atoms with Crippen LogP contribution in [0.3, 0.4) is 0 Å². The fourth-order valence-electron chi connectivity index (χ4n) is 1.65. The Bertz CT molecular complexity index is 491. The van der Waals surface area contributed by atoms with Gasteiger partial charge in [0.1, 0.15) is 0 Å². The van der Waals surface area contributed by atoms with Crippen LogP contribution < -0.4 is 25.4 Å². The highest BCUT2D eigenvalue weighted by atomic mass is 16.5. The molecule has 1 aromatic carbocycles. The third-order valence-corrected chi connectivity index (χ3v) is 2.69. The van der Waals surface area contributed by atoms with Crippen molar-refractivity contribution in [1.29, 1.82) is 0 Å². The quantitative estimate of drug-likeness (QED) is 0.644. The zero-order valence-electron chi connectivity index (χ0n) is 12.5. The van der Waals surface area contributed by atoms with Gasteiger partial charge in [-0.1, -0.05) is 6.07 Å². The largest absolute Gasteiger partial charge is 0.493 e. The summed E-state index contributed by atoms with van der Waals surface area (Å²) in [5, 5.41) is 7.95. The summed E-state index contributed by atoms with van der Waals surface area (Å²) >= 11 is 0. The van der Waals surface area contributed by atoms with Crippen LogP contribution in [0.1, 0.15) is 12.5 Å². The zero-order chi connectivity index (χ0) is 15.7. The summed E-state index contributed by atoms with van der Waals surface area (Å²) in [6.07, 6.45) is 0. The lowest BCUT2D eigenvalue weighted by Gasteiger charge is -2.11. The number of nitrogens with one attached hydrogen (secondary N) is 3. The van der Waals surface area contributed by atoms with Crippen molar-refractivity contribution in [3.8, 4) is 11.5 Å². The van der Waals surface area contributed by atoms with Gasteiger partial charge in [-0.05, 0) is 17.7 Å². The summed E-state index contributed by atoms with van der Waals surface area (Å²) in [5.74, 6) is 1.13. The second-order valence-electron chi connectivity index (χ2n) is 4.28. The molecule has 0 radical (unpaired) electrons. The molecular formula is C14H21N3O4. The minimum atomic E-state index is -0.296. The lowest BCUT2D eigenvalue weighted by atomic mass is 10.2. The summed E-state index contributed by atoms with van der Waals surface area (Å²) in [6.45, 7) is 2.57. The maximum Gasteiger partial charge on any atom is 0.315 e. The van der Waals surface area contributed by atoms with Crippen molar-refractivity contribution < 1.29 is 19.1 Å². The van der Waals surface area contributed by atoms with Crippen LogP contribution in [0.4, 0.5) is 4.79 Å². The van der Waals surface area contributed by atoms with E-state index in [0.717, 1.165) is 5.56 Å². The Morgan fingerprint density at radius 3 is 2.29 bits per heavy atom. The van der Waals surface area contributed by atoms with E-state index in [0.29, 0.717) is 31.1 Å². The van der Waals surface area contributed by atoms with Gasteiger partial charge in [-0.2, -0.15) is 0 Å². The van der Waals surface area contributed by atoms with Crippen LogP contribution in [0.15, 0.2) is 18.2 Å². The molecule has 1 aromatic rings. The SMILES string of the molecule is COc1ccc(CNC(=O)NCCNC(C)=O)cc1OC. The van der Waals surface area contributed by atoms with Gasteiger partial charge in [0.05, 0.1) is 14.2 Å². The monoisotopic (exact) mass is 295 g/mol. The summed E-state index contributed by atoms with van der Waals surface area (Å²) in [7, 11) is 3.13. The van der Waals surface area contributed by atoms with Crippen LogP contribution >= 0.6 is 0 Å². The van der Waals surface area contributed by atoms with E-state index in [1.54, 1.807) is 26.4 Å². The number of methoxy groups -OCH3 is 2. The number of ether oxygens (including phenoxy) is 2. The summed E-state index contributed by atoms with van der Waals surface area (Å²) in [6, 6.07) is 5.13. The normalized spacial score (nSPS) is 9.67. The first kappa shape index (κ1) is 16.6. The highest BCUT2D eigenvalue weighted by molar-refractivity contribution is 5.74. The fourth-order valence-corrected chi connectivity index (χ4v) is 1.65. The zero-order valence-corrected chi connectivity index (χ0v) is 12.5. The van der Waals surface area contributed by atoms with Crippen LogP contribution in [-0.2, 0) is 11.3 Å². The summed E-state index contributed by atoms with van der Waals surface area (Å²) < 4.78 is 10.3. The van der Waals surface area contributed by atoms with Crippen molar-refractivity contribution in [3.05, 3.63) is 23.8 Å². The van der Waals surface area contributed by atoms with E-state index < -0.39 is 0 Å². The predicted octanol–water partition coefficient (Wildman–Crippen LogP) is 0.639. The third kappa shape index (κ3) is 6.03. The van der Waals surface area contributed by atoms with Gasteiger partial charge in [-0.3, -0.25) is 4.79 Å². The van der Waals surface area contributed by atoms with Crippen LogP contribution in [0, 0.1) is 0 Å². The molecule has 0 aliphatic heterocycles. The van der Waals surface area contributed by atoms with Gasteiger partial charge in [0.15, 0.2) is 11.5 Å². The lowest BCUT2D eigenvalue weighted by molar-refractivity contribution is -0.118. The third-order valence-electron chi connectivity index (χ3n) is 2.69. The Morgan fingerprint density at radius 1 is 1.00 bits per heavy atom. The molecule has 7 nitrogen and oxygen atoms in total. The molecule has 0 spiro atoms. The van der Waals surface area contributed by atoms with Crippen molar-refractivity contribution in [2.75, 3.05) is 27.3 Å².